The summed E-state index contributed by atoms with van der Waals surface area (Å²) in [6.07, 6.45) is 2.61. The second-order valence-corrected chi connectivity index (χ2v) is 8.07. The van der Waals surface area contributed by atoms with Gasteiger partial charge in [0.25, 0.3) is 5.91 Å². The zero-order valence-electron chi connectivity index (χ0n) is 18.5. The van der Waals surface area contributed by atoms with Crippen molar-refractivity contribution in [3.63, 3.8) is 0 Å². The average molecular weight is 507 g/mol. The van der Waals surface area contributed by atoms with E-state index in [-0.39, 0.29) is 34.2 Å². The summed E-state index contributed by atoms with van der Waals surface area (Å²) >= 11 is 6.07. The Balaban J connectivity index is 1.62. The number of pyridine rings is 1. The molecule has 12 heteroatoms. The van der Waals surface area contributed by atoms with E-state index in [1.165, 1.54) is 31.5 Å². The molecule has 1 saturated heterocycles. The maximum absolute atomic E-state index is 15.0. The lowest BCUT2D eigenvalue weighted by Gasteiger charge is -2.23. The summed E-state index contributed by atoms with van der Waals surface area (Å²) in [5.74, 6) is -3.72. The molecule has 2 aromatic carbocycles. The van der Waals surface area contributed by atoms with Crippen LogP contribution < -0.4 is 25.8 Å². The van der Waals surface area contributed by atoms with Crippen LogP contribution in [0.2, 0.25) is 5.02 Å². The number of nitrogens with zero attached hydrogens (tertiary/aromatic N) is 1. The van der Waals surface area contributed by atoms with Crippen molar-refractivity contribution in [2.75, 3.05) is 25.6 Å². The number of ether oxygens (including phenoxy) is 3. The van der Waals surface area contributed by atoms with Crippen LogP contribution in [-0.2, 0) is 4.74 Å². The summed E-state index contributed by atoms with van der Waals surface area (Å²) in [6, 6.07) is 4.24. The number of rotatable bonds is 6. The lowest BCUT2D eigenvalue weighted by molar-refractivity contribution is 0.0806. The van der Waals surface area contributed by atoms with Crippen LogP contribution in [0.25, 0.3) is 10.9 Å². The van der Waals surface area contributed by atoms with Crippen LogP contribution >= 0.6 is 11.6 Å². The van der Waals surface area contributed by atoms with Gasteiger partial charge in [0.05, 0.1) is 23.9 Å². The van der Waals surface area contributed by atoms with Gasteiger partial charge in [-0.05, 0) is 25.0 Å². The number of urea groups is 1. The molecule has 0 atom stereocenters. The largest absolute Gasteiger partial charge is 0.496 e. The van der Waals surface area contributed by atoms with Crippen LogP contribution in [0, 0.1) is 11.6 Å². The number of primary amides is 1. The van der Waals surface area contributed by atoms with Gasteiger partial charge in [0.15, 0.2) is 17.4 Å². The molecule has 0 unspecified atom stereocenters. The Morgan fingerprint density at radius 2 is 1.94 bits per heavy atom. The van der Waals surface area contributed by atoms with Gasteiger partial charge in [-0.2, -0.15) is 0 Å². The highest BCUT2D eigenvalue weighted by molar-refractivity contribution is 6.34. The van der Waals surface area contributed by atoms with Crippen LogP contribution in [0.3, 0.4) is 0 Å². The van der Waals surface area contributed by atoms with Gasteiger partial charge in [0, 0.05) is 43.0 Å². The molecule has 4 N–H and O–H groups in total. The van der Waals surface area contributed by atoms with E-state index in [0.29, 0.717) is 31.6 Å². The molecule has 2 heterocycles. The maximum atomic E-state index is 15.0. The number of carbonyl (C=O) groups excluding carboxylic acids is 2. The number of hydrogen-bond donors (Lipinski definition) is 3. The predicted octanol–water partition coefficient (Wildman–Crippen LogP) is 4.37. The van der Waals surface area contributed by atoms with E-state index in [4.69, 9.17) is 31.5 Å². The molecule has 0 spiro atoms. The molecule has 0 radical (unpaired) electrons. The first kappa shape index (κ1) is 24.4. The Hall–Kier alpha value is -3.70. The van der Waals surface area contributed by atoms with E-state index in [1.54, 1.807) is 0 Å². The fourth-order valence-electron chi connectivity index (χ4n) is 3.66. The summed E-state index contributed by atoms with van der Waals surface area (Å²) in [5.41, 5.74) is 5.51. The molecule has 1 aliphatic rings. The summed E-state index contributed by atoms with van der Waals surface area (Å²) in [4.78, 5) is 28.2. The smallest absolute Gasteiger partial charge is 0.319 e. The number of amides is 3. The second-order valence-electron chi connectivity index (χ2n) is 7.69. The molecule has 9 nitrogen and oxygen atoms in total. The average Bonchev–Trinajstić information content (AvgIpc) is 2.84. The molecule has 0 bridgehead atoms. The van der Waals surface area contributed by atoms with Crippen LogP contribution in [0.4, 0.5) is 19.3 Å². The maximum Gasteiger partial charge on any atom is 0.319 e. The van der Waals surface area contributed by atoms with E-state index < -0.39 is 34.3 Å². The van der Waals surface area contributed by atoms with Gasteiger partial charge < -0.3 is 30.6 Å². The van der Waals surface area contributed by atoms with Crippen molar-refractivity contribution >= 4 is 40.1 Å². The Kier molecular flexibility index (Phi) is 7.17. The van der Waals surface area contributed by atoms with Crippen molar-refractivity contribution in [2.24, 2.45) is 5.73 Å². The van der Waals surface area contributed by atoms with Gasteiger partial charge in [-0.25, -0.2) is 13.6 Å². The van der Waals surface area contributed by atoms with E-state index in [1.807, 2.05) is 0 Å². The van der Waals surface area contributed by atoms with E-state index in [2.05, 4.69) is 15.6 Å². The van der Waals surface area contributed by atoms with Crippen molar-refractivity contribution in [3.8, 4) is 17.2 Å². The van der Waals surface area contributed by atoms with Crippen LogP contribution in [0.15, 0.2) is 30.5 Å². The number of aromatic nitrogens is 1. The second kappa shape index (κ2) is 10.3. The molecule has 35 heavy (non-hydrogen) atoms. The SMILES string of the molecule is COc1cc2nccc(Oc3c(F)cc(NC(=O)NC4CCOCC4)c(Cl)c3F)c2cc1C(N)=O. The molecule has 3 amide bonds. The highest BCUT2D eigenvalue weighted by Crippen LogP contribution is 2.39. The number of nitrogens with two attached hydrogens (primary N) is 1. The fraction of sp³-hybridized carbons (Fsp3) is 0.261. The summed E-state index contributed by atoms with van der Waals surface area (Å²) in [5, 5.41) is 4.79. The number of carbonyl (C=O) groups is 2. The Morgan fingerprint density at radius 1 is 1.20 bits per heavy atom. The normalized spacial score (nSPS) is 13.9. The fourth-order valence-corrected chi connectivity index (χ4v) is 3.84. The van der Waals surface area contributed by atoms with Crippen LogP contribution in [0.5, 0.6) is 17.2 Å². The Labute approximate surface area is 203 Å². The first-order valence-electron chi connectivity index (χ1n) is 10.6. The standard InChI is InChI=1S/C23H21ClF2N4O5/c1-33-18-10-15-12(8-13(18)22(27)31)17(2-5-28-15)35-21-14(25)9-16(19(24)20(21)26)30-23(32)29-11-3-6-34-7-4-11/h2,5,8-11H,3-4,6-7H2,1H3,(H2,27,31)(H2,29,30,32). The van der Waals surface area contributed by atoms with Gasteiger partial charge in [-0.15, -0.1) is 0 Å². The number of fused-ring (bicyclic) bond motifs is 1. The van der Waals surface area contributed by atoms with Crippen molar-refractivity contribution in [2.45, 2.75) is 18.9 Å². The van der Waals surface area contributed by atoms with Gasteiger partial charge in [0.2, 0.25) is 0 Å². The molecule has 0 aliphatic carbocycles. The molecule has 184 valence electrons. The molecular weight excluding hydrogens is 486 g/mol. The molecule has 0 saturated carbocycles. The third kappa shape index (κ3) is 5.20. The molecule has 1 fully saturated rings. The third-order valence-electron chi connectivity index (χ3n) is 5.42. The minimum Gasteiger partial charge on any atom is -0.496 e. The Bertz CT molecular complexity index is 1300. The minimum atomic E-state index is -1.22. The Morgan fingerprint density at radius 3 is 2.63 bits per heavy atom. The topological polar surface area (TPSA) is 125 Å². The number of halogens is 3. The third-order valence-corrected chi connectivity index (χ3v) is 5.79. The molecular formula is C23H21ClF2N4O5. The lowest BCUT2D eigenvalue weighted by atomic mass is 10.1. The van der Waals surface area contributed by atoms with Gasteiger partial charge in [-0.3, -0.25) is 9.78 Å². The van der Waals surface area contributed by atoms with Crippen molar-refractivity contribution in [1.29, 1.82) is 0 Å². The highest BCUT2D eigenvalue weighted by atomic mass is 35.5. The number of methoxy groups -OCH3 is 1. The van der Waals surface area contributed by atoms with Crippen LogP contribution in [-0.4, -0.2) is 43.3 Å². The van der Waals surface area contributed by atoms with E-state index >= 15 is 4.39 Å². The number of hydrogen-bond acceptors (Lipinski definition) is 6. The number of nitrogens with one attached hydrogen (secondary N) is 2. The van der Waals surface area contributed by atoms with E-state index in [9.17, 15) is 14.0 Å². The van der Waals surface area contributed by atoms with Gasteiger partial charge >= 0.3 is 6.03 Å². The van der Waals surface area contributed by atoms with Crippen molar-refractivity contribution in [1.82, 2.24) is 10.3 Å². The molecule has 1 aromatic heterocycles. The molecule has 4 rings (SSSR count). The van der Waals surface area contributed by atoms with Gasteiger partial charge in [0.1, 0.15) is 16.5 Å². The quantitative estimate of drug-likeness (QED) is 0.426. The first-order chi connectivity index (χ1) is 16.8. The summed E-state index contributed by atoms with van der Waals surface area (Å²) in [6.45, 7) is 1.02. The van der Waals surface area contributed by atoms with Gasteiger partial charge in [-0.1, -0.05) is 11.6 Å². The zero-order chi connectivity index (χ0) is 25.1. The zero-order valence-corrected chi connectivity index (χ0v) is 19.2. The predicted molar refractivity (Wildman–Crippen MR) is 124 cm³/mol. The first-order valence-corrected chi connectivity index (χ1v) is 10.9. The lowest BCUT2D eigenvalue weighted by Crippen LogP contribution is -2.41. The number of anilines is 1. The number of benzene rings is 2. The van der Waals surface area contributed by atoms with Crippen molar-refractivity contribution in [3.05, 3.63) is 52.7 Å². The highest BCUT2D eigenvalue weighted by Gasteiger charge is 2.23. The van der Waals surface area contributed by atoms with E-state index in [0.717, 1.165) is 6.07 Å². The van der Waals surface area contributed by atoms with Crippen LogP contribution in [0.1, 0.15) is 23.2 Å². The monoisotopic (exact) mass is 506 g/mol. The minimum absolute atomic E-state index is 0.00742. The molecule has 1 aliphatic heterocycles. The summed E-state index contributed by atoms with van der Waals surface area (Å²) in [7, 11) is 1.36. The molecule has 3 aromatic rings. The summed E-state index contributed by atoms with van der Waals surface area (Å²) < 4.78 is 45.8. The van der Waals surface area contributed by atoms with Crippen molar-refractivity contribution < 1.29 is 32.6 Å².